The van der Waals surface area contributed by atoms with E-state index in [0.717, 1.165) is 62.7 Å². The zero-order valence-corrected chi connectivity index (χ0v) is 32.8. The highest BCUT2D eigenvalue weighted by molar-refractivity contribution is 6.31. The predicted molar refractivity (Wildman–Crippen MR) is 250 cm³/mol. The Labute approximate surface area is 348 Å². The van der Waals surface area contributed by atoms with E-state index in [1.165, 1.54) is 49.0 Å². The fourth-order valence-corrected chi connectivity index (χ4v) is 9.45. The number of allylic oxidation sites excluding steroid dienone is 1. The second-order valence-electron chi connectivity index (χ2n) is 15.6. The normalized spacial score (nSPS) is 15.0. The van der Waals surface area contributed by atoms with Gasteiger partial charge in [-0.25, -0.2) is 5.43 Å². The number of para-hydroxylation sites is 2. The Morgan fingerprint density at radius 3 is 1.95 bits per heavy atom. The predicted octanol–water partition coefficient (Wildman–Crippen LogP) is 13.0. The number of nitrogens with one attached hydrogen (secondary N) is 2. The molecule has 10 aromatic rings. The van der Waals surface area contributed by atoms with Crippen LogP contribution in [0.4, 0.5) is 11.4 Å². The molecule has 1 atom stereocenters. The highest BCUT2D eigenvalue weighted by atomic mass is 15.5. The third-order valence-corrected chi connectivity index (χ3v) is 12.2. The molecule has 0 saturated heterocycles. The number of aromatic nitrogens is 1. The van der Waals surface area contributed by atoms with Crippen molar-refractivity contribution in [3.63, 3.8) is 0 Å². The second-order valence-corrected chi connectivity index (χ2v) is 15.6. The quantitative estimate of drug-likeness (QED) is 0.166. The van der Waals surface area contributed by atoms with E-state index < -0.39 is 0 Å². The summed E-state index contributed by atoms with van der Waals surface area (Å²) in [6.45, 7) is 0.738. The molecule has 2 aliphatic heterocycles. The van der Waals surface area contributed by atoms with Gasteiger partial charge in [-0.1, -0.05) is 158 Å². The third-order valence-electron chi connectivity index (χ3n) is 12.2. The number of hydrazine groups is 1. The van der Waals surface area contributed by atoms with Crippen LogP contribution in [-0.2, 0) is 6.54 Å². The number of anilines is 2. The summed E-state index contributed by atoms with van der Waals surface area (Å²) in [6, 6.07) is 72.0. The number of hydrogen-bond acceptors (Lipinski definition) is 4. The van der Waals surface area contributed by atoms with Crippen molar-refractivity contribution in [2.75, 3.05) is 5.01 Å². The molecule has 2 aliphatic rings. The third kappa shape index (κ3) is 5.55. The van der Waals surface area contributed by atoms with E-state index in [1.54, 1.807) is 0 Å². The molecular weight excluding hydrogens is 731 g/mol. The second kappa shape index (κ2) is 14.0. The van der Waals surface area contributed by atoms with Gasteiger partial charge in [0.25, 0.3) is 0 Å². The van der Waals surface area contributed by atoms with Crippen molar-refractivity contribution in [2.24, 2.45) is 4.99 Å². The molecule has 3 heterocycles. The van der Waals surface area contributed by atoms with E-state index >= 15 is 0 Å². The summed E-state index contributed by atoms with van der Waals surface area (Å²) in [5.74, 6) is 0. The van der Waals surface area contributed by atoms with Crippen LogP contribution in [0, 0.1) is 0 Å². The Bertz CT molecular complexity index is 3330. The summed E-state index contributed by atoms with van der Waals surface area (Å²) in [4.78, 5) is 5.47. The lowest BCUT2D eigenvalue weighted by Gasteiger charge is -2.27. The Hall–Kier alpha value is -7.73. The van der Waals surface area contributed by atoms with Gasteiger partial charge < -0.3 is 9.88 Å². The SMILES string of the molecule is C1=C(c2ccccc2)NC(c2ccccc2-n2c3cc4c(cc3c3c5c(ccc32)c(-c2ccccc2)cc2ccccc25)CNN4c2ccccc2)N=C1c1ccccc1. The number of nitrogens with zero attached hydrogens (tertiary/aromatic N) is 3. The summed E-state index contributed by atoms with van der Waals surface area (Å²) in [5, 5.41) is 13.6. The molecule has 0 aliphatic carbocycles. The van der Waals surface area contributed by atoms with Crippen molar-refractivity contribution in [3.8, 4) is 16.8 Å². The van der Waals surface area contributed by atoms with Gasteiger partial charge in [0.05, 0.1) is 33.8 Å². The van der Waals surface area contributed by atoms with Gasteiger partial charge in [-0.3, -0.25) is 10.0 Å². The van der Waals surface area contributed by atoms with E-state index in [2.05, 4.69) is 227 Å². The maximum Gasteiger partial charge on any atom is 0.147 e. The average Bonchev–Trinajstić information content (AvgIpc) is 3.89. The van der Waals surface area contributed by atoms with Gasteiger partial charge >= 0.3 is 0 Å². The zero-order valence-electron chi connectivity index (χ0n) is 32.8. The van der Waals surface area contributed by atoms with Gasteiger partial charge in [-0.2, -0.15) is 0 Å². The Balaban J connectivity index is 1.16. The molecule has 5 heteroatoms. The van der Waals surface area contributed by atoms with Crippen LogP contribution in [-0.4, -0.2) is 10.3 Å². The number of rotatable bonds is 6. The van der Waals surface area contributed by atoms with Gasteiger partial charge in [0, 0.05) is 34.0 Å². The van der Waals surface area contributed by atoms with Gasteiger partial charge in [-0.05, 0) is 92.5 Å². The first-order valence-electron chi connectivity index (χ1n) is 20.6. The molecule has 0 saturated carbocycles. The maximum atomic E-state index is 5.47. The van der Waals surface area contributed by atoms with Crippen molar-refractivity contribution in [3.05, 3.63) is 229 Å². The van der Waals surface area contributed by atoms with Crippen LogP contribution >= 0.6 is 0 Å². The van der Waals surface area contributed by atoms with Crippen molar-refractivity contribution in [1.82, 2.24) is 15.3 Å². The lowest BCUT2D eigenvalue weighted by Crippen LogP contribution is -2.26. The first-order chi connectivity index (χ1) is 29.8. The highest BCUT2D eigenvalue weighted by Crippen LogP contribution is 2.47. The molecule has 284 valence electrons. The number of aliphatic imine (C=N–C) groups is 1. The summed E-state index contributed by atoms with van der Waals surface area (Å²) in [7, 11) is 0. The summed E-state index contributed by atoms with van der Waals surface area (Å²) in [6.07, 6.45) is 1.83. The minimum atomic E-state index is -0.355. The summed E-state index contributed by atoms with van der Waals surface area (Å²) < 4.78 is 2.49. The van der Waals surface area contributed by atoms with Gasteiger partial charge in [0.15, 0.2) is 0 Å². The van der Waals surface area contributed by atoms with Gasteiger partial charge in [-0.15, -0.1) is 0 Å². The van der Waals surface area contributed by atoms with E-state index in [-0.39, 0.29) is 6.17 Å². The van der Waals surface area contributed by atoms with Crippen molar-refractivity contribution in [1.29, 1.82) is 0 Å². The van der Waals surface area contributed by atoms with Crippen LogP contribution in [0.1, 0.15) is 28.4 Å². The maximum absolute atomic E-state index is 5.47. The van der Waals surface area contributed by atoms with Crippen molar-refractivity contribution < 1.29 is 0 Å². The summed E-state index contributed by atoms with van der Waals surface area (Å²) >= 11 is 0. The molecule has 0 spiro atoms. The Kier molecular flexibility index (Phi) is 8.00. The molecular formula is C55H39N5. The molecule has 0 amide bonds. The minimum Gasteiger partial charge on any atom is -0.359 e. The Morgan fingerprint density at radius 2 is 1.17 bits per heavy atom. The molecule has 60 heavy (non-hydrogen) atoms. The molecule has 0 radical (unpaired) electrons. The van der Waals surface area contributed by atoms with Gasteiger partial charge in [0.2, 0.25) is 0 Å². The largest absolute Gasteiger partial charge is 0.359 e. The van der Waals surface area contributed by atoms with Crippen LogP contribution in [0.25, 0.3) is 65.9 Å². The molecule has 5 nitrogen and oxygen atoms in total. The smallest absolute Gasteiger partial charge is 0.147 e. The molecule has 1 unspecified atom stereocenters. The highest BCUT2D eigenvalue weighted by Gasteiger charge is 2.28. The molecule has 2 N–H and O–H groups in total. The average molecular weight is 770 g/mol. The molecule has 1 aromatic heterocycles. The van der Waals surface area contributed by atoms with Crippen LogP contribution < -0.4 is 15.8 Å². The number of fused-ring (bicyclic) bond motifs is 8. The first kappa shape index (κ1) is 34.3. The van der Waals surface area contributed by atoms with Crippen molar-refractivity contribution >= 4 is 66.1 Å². The molecule has 9 aromatic carbocycles. The number of hydrogen-bond donors (Lipinski definition) is 2. The van der Waals surface area contributed by atoms with E-state index in [1.807, 2.05) is 0 Å². The topological polar surface area (TPSA) is 44.6 Å². The van der Waals surface area contributed by atoms with Crippen LogP contribution in [0.2, 0.25) is 0 Å². The van der Waals surface area contributed by atoms with E-state index in [9.17, 15) is 0 Å². The fraction of sp³-hybridized carbons (Fsp3) is 0.0364. The lowest BCUT2D eigenvalue weighted by atomic mass is 9.91. The minimum absolute atomic E-state index is 0.355. The molecule has 12 rings (SSSR count). The monoisotopic (exact) mass is 769 g/mol. The molecule has 0 bridgehead atoms. The molecule has 0 fully saturated rings. The fourth-order valence-electron chi connectivity index (χ4n) is 9.45. The first-order valence-corrected chi connectivity index (χ1v) is 20.6. The Morgan fingerprint density at radius 1 is 0.500 bits per heavy atom. The zero-order chi connectivity index (χ0) is 39.6. The van der Waals surface area contributed by atoms with E-state index in [0.29, 0.717) is 0 Å². The summed E-state index contributed by atoms with van der Waals surface area (Å²) in [5.41, 5.74) is 18.4. The van der Waals surface area contributed by atoms with Crippen LogP contribution in [0.3, 0.4) is 0 Å². The van der Waals surface area contributed by atoms with Crippen molar-refractivity contribution in [2.45, 2.75) is 12.7 Å². The lowest BCUT2D eigenvalue weighted by molar-refractivity contribution is 0.660. The van der Waals surface area contributed by atoms with Crippen LogP contribution in [0.15, 0.2) is 211 Å². The standard InChI is InChI=1S/C55H39N5/c1-5-17-36(18-6-1)45-31-39-23-13-14-26-42(39)53-43(45)29-30-50-54(53)46-32-40-35-56-60(41-24-11-4-12-25-41)51(40)34-52(46)59(50)49-28-16-15-27-44(49)55-57-47(37-19-7-2-8-20-37)33-48(58-55)38-21-9-3-10-22-38/h1-34,55-57H,35H2. The van der Waals surface area contributed by atoms with E-state index in [4.69, 9.17) is 4.99 Å². The van der Waals surface area contributed by atoms with Crippen LogP contribution in [0.5, 0.6) is 0 Å². The van der Waals surface area contributed by atoms with Gasteiger partial charge in [0.1, 0.15) is 6.17 Å². The number of benzene rings is 9.